The Morgan fingerprint density at radius 3 is 2.48 bits per heavy atom. The minimum atomic E-state index is -4.86. The number of hydrogen-bond acceptors (Lipinski definition) is 3. The second-order valence-corrected chi connectivity index (χ2v) is 8.54. The van der Waals surface area contributed by atoms with Gasteiger partial charge in [-0.2, -0.15) is 13.2 Å². The second-order valence-electron chi connectivity index (χ2n) is 8.13. The summed E-state index contributed by atoms with van der Waals surface area (Å²) >= 11 is 5.69. The molecule has 0 aromatic carbocycles. The van der Waals surface area contributed by atoms with Crippen LogP contribution in [-0.2, 0) is 11.0 Å². The predicted octanol–water partition coefficient (Wildman–Crippen LogP) is 3.93. The molecule has 6 nitrogen and oxygen atoms in total. The zero-order valence-electron chi connectivity index (χ0n) is 16.6. The van der Waals surface area contributed by atoms with Gasteiger partial charge in [0.05, 0.1) is 5.02 Å². The summed E-state index contributed by atoms with van der Waals surface area (Å²) in [6.07, 6.45) is -5.95. The predicted molar refractivity (Wildman–Crippen MR) is 102 cm³/mol. The number of primary amides is 1. The van der Waals surface area contributed by atoms with Crippen molar-refractivity contribution in [3.05, 3.63) is 28.5 Å². The van der Waals surface area contributed by atoms with Crippen molar-refractivity contribution in [2.75, 3.05) is 13.1 Å². The number of carbonyl (C=O) groups is 2. The van der Waals surface area contributed by atoms with E-state index in [1.807, 2.05) is 0 Å². The van der Waals surface area contributed by atoms with Crippen molar-refractivity contribution in [2.45, 2.75) is 56.2 Å². The molecular formula is C19H22ClF5N4O2. The molecule has 1 saturated heterocycles. The molecule has 1 aromatic heterocycles. The van der Waals surface area contributed by atoms with E-state index in [1.165, 1.54) is 13.0 Å². The Morgan fingerprint density at radius 1 is 1.32 bits per heavy atom. The SMILES string of the molecule is CC1([C@@H](c2ccc(Cl)c(C(F)(F)F)n2)C2CCC(F)(F)CC2)C(=O)NCCN1C(N)=O. The summed E-state index contributed by atoms with van der Waals surface area (Å²) in [6, 6.07) is 1.31. The van der Waals surface area contributed by atoms with Crippen LogP contribution < -0.4 is 11.1 Å². The van der Waals surface area contributed by atoms with Gasteiger partial charge in [0, 0.05) is 37.5 Å². The van der Waals surface area contributed by atoms with Gasteiger partial charge in [0.15, 0.2) is 5.69 Å². The molecule has 2 fully saturated rings. The molecule has 2 heterocycles. The van der Waals surface area contributed by atoms with Crippen LogP contribution in [0.3, 0.4) is 0 Å². The molecule has 1 aliphatic carbocycles. The molecule has 0 bridgehead atoms. The summed E-state index contributed by atoms with van der Waals surface area (Å²) < 4.78 is 67.9. The topological polar surface area (TPSA) is 88.3 Å². The van der Waals surface area contributed by atoms with Gasteiger partial charge in [-0.3, -0.25) is 4.79 Å². The van der Waals surface area contributed by atoms with E-state index in [4.69, 9.17) is 17.3 Å². The number of nitrogens with two attached hydrogens (primary N) is 1. The number of pyridine rings is 1. The third-order valence-corrected chi connectivity index (χ3v) is 6.51. The maximum absolute atomic E-state index is 13.8. The average molecular weight is 469 g/mol. The third kappa shape index (κ3) is 4.42. The molecule has 12 heteroatoms. The van der Waals surface area contributed by atoms with Crippen molar-refractivity contribution in [3.8, 4) is 0 Å². The Morgan fingerprint density at radius 2 is 1.94 bits per heavy atom. The molecule has 31 heavy (non-hydrogen) atoms. The molecule has 3 amide bonds. The smallest absolute Gasteiger partial charge is 0.352 e. The Bertz CT molecular complexity index is 871. The Labute approximate surface area is 180 Å². The molecule has 1 saturated carbocycles. The summed E-state index contributed by atoms with van der Waals surface area (Å²) in [6.45, 7) is 1.51. The Balaban J connectivity index is 2.16. The maximum Gasteiger partial charge on any atom is 0.434 e. The summed E-state index contributed by atoms with van der Waals surface area (Å²) in [7, 11) is 0. The van der Waals surface area contributed by atoms with Crippen molar-refractivity contribution in [3.63, 3.8) is 0 Å². The molecule has 1 aromatic rings. The lowest BCUT2D eigenvalue weighted by Crippen LogP contribution is -2.69. The number of halogens is 6. The first-order valence-corrected chi connectivity index (χ1v) is 10.1. The van der Waals surface area contributed by atoms with Gasteiger partial charge in [-0.25, -0.2) is 18.6 Å². The number of nitrogens with zero attached hydrogens (tertiary/aromatic N) is 2. The Hall–Kier alpha value is -2.17. The molecule has 1 aliphatic heterocycles. The van der Waals surface area contributed by atoms with Crippen LogP contribution in [0.1, 0.15) is 49.9 Å². The molecule has 3 N–H and O–H groups in total. The fourth-order valence-corrected chi connectivity index (χ4v) is 4.89. The number of piperazine rings is 1. The van der Waals surface area contributed by atoms with Crippen molar-refractivity contribution >= 4 is 23.5 Å². The van der Waals surface area contributed by atoms with Gasteiger partial charge in [0.1, 0.15) is 5.54 Å². The van der Waals surface area contributed by atoms with Crippen LogP contribution in [0.4, 0.5) is 26.7 Å². The summed E-state index contributed by atoms with van der Waals surface area (Å²) in [5.41, 5.74) is 2.27. The van der Waals surface area contributed by atoms with Crippen LogP contribution in [0.25, 0.3) is 0 Å². The molecule has 0 spiro atoms. The highest BCUT2D eigenvalue weighted by molar-refractivity contribution is 6.31. The number of amides is 3. The van der Waals surface area contributed by atoms with E-state index in [9.17, 15) is 31.5 Å². The van der Waals surface area contributed by atoms with Crippen LogP contribution in [0.15, 0.2) is 12.1 Å². The van der Waals surface area contributed by atoms with Gasteiger partial charge in [-0.15, -0.1) is 0 Å². The van der Waals surface area contributed by atoms with Crippen LogP contribution in [0.5, 0.6) is 0 Å². The quantitative estimate of drug-likeness (QED) is 0.659. The molecule has 172 valence electrons. The first-order chi connectivity index (χ1) is 14.3. The fraction of sp³-hybridized carbons (Fsp3) is 0.632. The summed E-state index contributed by atoms with van der Waals surface area (Å²) in [5, 5.41) is 1.98. The van der Waals surface area contributed by atoms with E-state index in [0.717, 1.165) is 11.0 Å². The standard InChI is InChI=1S/C19H22ClF5N4O2/c1-17(15(30)27-8-9-29(17)16(26)31)13(10-4-6-18(21,22)7-5-10)12-3-2-11(20)14(28-12)19(23,24)25/h2-3,10,13H,4-9H2,1H3,(H2,26,31)(H,27,30)/t13-,17?/m1/s1. The van der Waals surface area contributed by atoms with Gasteiger partial charge >= 0.3 is 12.2 Å². The lowest BCUT2D eigenvalue weighted by Gasteiger charge is -2.50. The number of nitrogens with one attached hydrogen (secondary N) is 1. The van der Waals surface area contributed by atoms with Crippen LogP contribution in [0.2, 0.25) is 5.02 Å². The minimum Gasteiger partial charge on any atom is -0.352 e. The molecule has 2 atom stereocenters. The van der Waals surface area contributed by atoms with E-state index in [2.05, 4.69) is 10.3 Å². The first-order valence-electron chi connectivity index (χ1n) is 9.74. The molecule has 1 unspecified atom stereocenters. The van der Waals surface area contributed by atoms with Gasteiger partial charge < -0.3 is 16.0 Å². The second kappa shape index (κ2) is 8.07. The molecular weight excluding hydrogens is 447 g/mol. The fourth-order valence-electron chi connectivity index (χ4n) is 4.68. The van der Waals surface area contributed by atoms with Crippen molar-refractivity contribution in [2.24, 2.45) is 11.7 Å². The van der Waals surface area contributed by atoms with Gasteiger partial charge in [-0.1, -0.05) is 11.6 Å². The highest BCUT2D eigenvalue weighted by Gasteiger charge is 2.55. The largest absolute Gasteiger partial charge is 0.434 e. The van der Waals surface area contributed by atoms with E-state index in [0.29, 0.717) is 0 Å². The number of hydrogen-bond donors (Lipinski definition) is 2. The lowest BCUT2D eigenvalue weighted by molar-refractivity contribution is -0.141. The normalized spacial score (nSPS) is 25.8. The molecule has 2 aliphatic rings. The number of rotatable bonds is 3. The maximum atomic E-state index is 13.8. The molecule has 3 rings (SSSR count). The van der Waals surface area contributed by atoms with E-state index in [-0.39, 0.29) is 31.6 Å². The molecule has 0 radical (unpaired) electrons. The minimum absolute atomic E-state index is 0.0245. The zero-order chi connectivity index (χ0) is 23.2. The lowest BCUT2D eigenvalue weighted by atomic mass is 9.67. The number of carbonyl (C=O) groups excluding carboxylic acids is 2. The zero-order valence-corrected chi connectivity index (χ0v) is 17.4. The Kier molecular flexibility index (Phi) is 6.11. The first kappa shape index (κ1) is 23.5. The monoisotopic (exact) mass is 468 g/mol. The highest BCUT2D eigenvalue weighted by Crippen LogP contribution is 2.49. The van der Waals surface area contributed by atoms with Gasteiger partial charge in [-0.05, 0) is 37.8 Å². The number of alkyl halides is 5. The average Bonchev–Trinajstić information content (AvgIpc) is 2.65. The van der Waals surface area contributed by atoms with Crippen molar-refractivity contribution in [1.82, 2.24) is 15.2 Å². The van der Waals surface area contributed by atoms with Gasteiger partial charge in [0.25, 0.3) is 0 Å². The number of urea groups is 1. The van der Waals surface area contributed by atoms with Crippen LogP contribution in [-0.4, -0.2) is 46.4 Å². The van der Waals surface area contributed by atoms with Crippen molar-refractivity contribution < 1.29 is 31.5 Å². The van der Waals surface area contributed by atoms with Gasteiger partial charge in [0.2, 0.25) is 11.8 Å². The van der Waals surface area contributed by atoms with E-state index < -0.39 is 65.0 Å². The van der Waals surface area contributed by atoms with E-state index in [1.54, 1.807) is 0 Å². The van der Waals surface area contributed by atoms with Crippen LogP contribution >= 0.6 is 11.6 Å². The van der Waals surface area contributed by atoms with E-state index >= 15 is 0 Å². The summed E-state index contributed by atoms with van der Waals surface area (Å²) in [4.78, 5) is 29.9. The third-order valence-electron chi connectivity index (χ3n) is 6.20. The summed E-state index contributed by atoms with van der Waals surface area (Å²) in [5.74, 6) is -5.27. The van der Waals surface area contributed by atoms with Crippen molar-refractivity contribution in [1.29, 1.82) is 0 Å². The van der Waals surface area contributed by atoms with Crippen LogP contribution in [0, 0.1) is 5.92 Å². The highest BCUT2D eigenvalue weighted by atomic mass is 35.5. The number of aromatic nitrogens is 1.